The molecule has 3 rings (SSSR count). The van der Waals surface area contributed by atoms with Gasteiger partial charge in [-0.1, -0.05) is 18.2 Å². The van der Waals surface area contributed by atoms with Crippen LogP contribution in [0.4, 0.5) is 5.69 Å². The first-order valence-electron chi connectivity index (χ1n) is 7.85. The number of likely N-dealkylation sites (tertiary alicyclic amines) is 1. The van der Waals surface area contributed by atoms with Crippen LogP contribution in [0.1, 0.15) is 29.2 Å². The third-order valence-electron chi connectivity index (χ3n) is 4.15. The molecule has 0 spiro atoms. The molecule has 2 aromatic rings. The van der Waals surface area contributed by atoms with Gasteiger partial charge >= 0.3 is 0 Å². The normalized spacial score (nSPS) is 15.4. The van der Waals surface area contributed by atoms with Crippen molar-refractivity contribution in [2.45, 2.75) is 19.8 Å². The minimum absolute atomic E-state index is 0.0251. The van der Waals surface area contributed by atoms with Crippen LogP contribution < -0.4 is 5.32 Å². The zero-order valence-corrected chi connectivity index (χ0v) is 13.1. The molecule has 0 saturated carbocycles. The highest BCUT2D eigenvalue weighted by atomic mass is 16.3. The Labute approximate surface area is 135 Å². The van der Waals surface area contributed by atoms with E-state index in [1.807, 2.05) is 37.3 Å². The summed E-state index contributed by atoms with van der Waals surface area (Å²) >= 11 is 0. The van der Waals surface area contributed by atoms with Crippen molar-refractivity contribution >= 4 is 17.5 Å². The lowest BCUT2D eigenvalue weighted by atomic mass is 9.95. The monoisotopic (exact) mass is 312 g/mol. The van der Waals surface area contributed by atoms with Gasteiger partial charge < -0.3 is 14.6 Å². The zero-order valence-electron chi connectivity index (χ0n) is 13.1. The minimum atomic E-state index is -0.0972. The highest BCUT2D eigenvalue weighted by molar-refractivity contribution is 5.94. The second kappa shape index (κ2) is 6.69. The topological polar surface area (TPSA) is 62.6 Å². The SMILES string of the molecule is Cc1ccc(C(=O)N2CCC(C(=O)Nc3ccccc3)CC2)o1. The number of piperidine rings is 1. The lowest BCUT2D eigenvalue weighted by Gasteiger charge is -2.30. The van der Waals surface area contributed by atoms with Crippen LogP contribution in [-0.2, 0) is 4.79 Å². The summed E-state index contributed by atoms with van der Waals surface area (Å²) in [6.07, 6.45) is 1.34. The molecule has 1 aliphatic heterocycles. The number of nitrogens with one attached hydrogen (secondary N) is 1. The number of aryl methyl sites for hydroxylation is 1. The van der Waals surface area contributed by atoms with Gasteiger partial charge in [-0.05, 0) is 44.0 Å². The van der Waals surface area contributed by atoms with Crippen molar-refractivity contribution in [1.29, 1.82) is 0 Å². The maximum Gasteiger partial charge on any atom is 0.289 e. The van der Waals surface area contributed by atoms with Crippen LogP contribution in [0.3, 0.4) is 0 Å². The molecule has 23 heavy (non-hydrogen) atoms. The Morgan fingerprint density at radius 2 is 1.78 bits per heavy atom. The summed E-state index contributed by atoms with van der Waals surface area (Å²) in [7, 11) is 0. The van der Waals surface area contributed by atoms with E-state index in [1.165, 1.54) is 0 Å². The van der Waals surface area contributed by atoms with E-state index in [0.29, 0.717) is 31.7 Å². The molecule has 5 heteroatoms. The molecule has 1 saturated heterocycles. The van der Waals surface area contributed by atoms with E-state index in [4.69, 9.17) is 4.42 Å². The van der Waals surface area contributed by atoms with E-state index >= 15 is 0 Å². The fraction of sp³-hybridized carbons (Fsp3) is 0.333. The van der Waals surface area contributed by atoms with E-state index < -0.39 is 0 Å². The Bertz CT molecular complexity index is 685. The summed E-state index contributed by atoms with van der Waals surface area (Å²) in [6.45, 7) is 2.97. The van der Waals surface area contributed by atoms with Crippen molar-refractivity contribution in [2.75, 3.05) is 18.4 Å². The molecule has 1 aromatic carbocycles. The van der Waals surface area contributed by atoms with Crippen LogP contribution in [0.5, 0.6) is 0 Å². The summed E-state index contributed by atoms with van der Waals surface area (Å²) in [4.78, 5) is 26.4. The number of furan rings is 1. The minimum Gasteiger partial charge on any atom is -0.456 e. The van der Waals surface area contributed by atoms with Gasteiger partial charge in [0, 0.05) is 24.7 Å². The second-order valence-corrected chi connectivity index (χ2v) is 5.83. The first-order chi connectivity index (χ1) is 11.1. The molecule has 0 bridgehead atoms. The predicted molar refractivity (Wildman–Crippen MR) is 87.1 cm³/mol. The van der Waals surface area contributed by atoms with E-state index in [9.17, 15) is 9.59 Å². The summed E-state index contributed by atoms with van der Waals surface area (Å²) in [5.41, 5.74) is 0.807. The Kier molecular flexibility index (Phi) is 4.46. The van der Waals surface area contributed by atoms with Crippen LogP contribution in [0.25, 0.3) is 0 Å². The number of carbonyl (C=O) groups is 2. The number of rotatable bonds is 3. The van der Waals surface area contributed by atoms with E-state index in [2.05, 4.69) is 5.32 Å². The third kappa shape index (κ3) is 3.62. The average Bonchev–Trinajstić information content (AvgIpc) is 3.02. The first kappa shape index (κ1) is 15.3. The van der Waals surface area contributed by atoms with Crippen molar-refractivity contribution in [1.82, 2.24) is 4.90 Å². The van der Waals surface area contributed by atoms with Gasteiger partial charge in [-0.15, -0.1) is 0 Å². The maximum absolute atomic E-state index is 12.3. The Balaban J connectivity index is 1.54. The van der Waals surface area contributed by atoms with Crippen LogP contribution in [0.2, 0.25) is 0 Å². The van der Waals surface area contributed by atoms with Crippen molar-refractivity contribution < 1.29 is 14.0 Å². The fourth-order valence-corrected chi connectivity index (χ4v) is 2.82. The number of para-hydroxylation sites is 1. The van der Waals surface area contributed by atoms with Crippen molar-refractivity contribution in [3.8, 4) is 0 Å². The molecule has 0 aliphatic carbocycles. The average molecular weight is 312 g/mol. The number of benzene rings is 1. The Morgan fingerprint density at radius 1 is 1.09 bits per heavy atom. The molecule has 1 fully saturated rings. The molecule has 0 radical (unpaired) electrons. The van der Waals surface area contributed by atoms with E-state index in [0.717, 1.165) is 11.4 Å². The smallest absolute Gasteiger partial charge is 0.289 e. The molecule has 2 heterocycles. The molecule has 120 valence electrons. The van der Waals surface area contributed by atoms with Crippen molar-refractivity contribution in [2.24, 2.45) is 5.92 Å². The fourth-order valence-electron chi connectivity index (χ4n) is 2.82. The molecule has 0 atom stereocenters. The van der Waals surface area contributed by atoms with Crippen LogP contribution in [0, 0.1) is 12.8 Å². The van der Waals surface area contributed by atoms with Gasteiger partial charge in [-0.25, -0.2) is 0 Å². The molecule has 5 nitrogen and oxygen atoms in total. The van der Waals surface area contributed by atoms with Gasteiger partial charge in [0.05, 0.1) is 0 Å². The van der Waals surface area contributed by atoms with Gasteiger partial charge in [0.15, 0.2) is 5.76 Å². The number of amides is 2. The molecule has 1 N–H and O–H groups in total. The number of carbonyl (C=O) groups excluding carboxylic acids is 2. The van der Waals surface area contributed by atoms with Gasteiger partial charge in [0.25, 0.3) is 5.91 Å². The van der Waals surface area contributed by atoms with Gasteiger partial charge in [0.2, 0.25) is 5.91 Å². The van der Waals surface area contributed by atoms with Gasteiger partial charge in [-0.3, -0.25) is 9.59 Å². The van der Waals surface area contributed by atoms with Crippen LogP contribution in [0.15, 0.2) is 46.9 Å². The van der Waals surface area contributed by atoms with Crippen molar-refractivity contribution in [3.63, 3.8) is 0 Å². The first-order valence-corrected chi connectivity index (χ1v) is 7.85. The van der Waals surface area contributed by atoms with Gasteiger partial charge in [0.1, 0.15) is 5.76 Å². The Morgan fingerprint density at radius 3 is 2.39 bits per heavy atom. The molecular weight excluding hydrogens is 292 g/mol. The Hall–Kier alpha value is -2.56. The summed E-state index contributed by atoms with van der Waals surface area (Å²) < 4.78 is 5.38. The third-order valence-corrected chi connectivity index (χ3v) is 4.15. The molecule has 1 aliphatic rings. The highest BCUT2D eigenvalue weighted by Gasteiger charge is 2.28. The predicted octanol–water partition coefficient (Wildman–Crippen LogP) is 3.08. The highest BCUT2D eigenvalue weighted by Crippen LogP contribution is 2.21. The zero-order chi connectivity index (χ0) is 16.2. The largest absolute Gasteiger partial charge is 0.456 e. The number of anilines is 1. The molecule has 0 unspecified atom stereocenters. The second-order valence-electron chi connectivity index (χ2n) is 5.83. The van der Waals surface area contributed by atoms with E-state index in [1.54, 1.807) is 17.0 Å². The van der Waals surface area contributed by atoms with Crippen molar-refractivity contribution in [3.05, 3.63) is 54.0 Å². The standard InChI is InChI=1S/C18H20N2O3/c1-13-7-8-16(23-13)18(22)20-11-9-14(10-12-20)17(21)19-15-5-3-2-4-6-15/h2-8,14H,9-12H2,1H3,(H,19,21). The lowest BCUT2D eigenvalue weighted by Crippen LogP contribution is -2.41. The summed E-state index contributed by atoms with van der Waals surface area (Å²) in [5, 5.41) is 2.93. The molecule has 2 amide bonds. The number of hydrogen-bond donors (Lipinski definition) is 1. The molecule has 1 aromatic heterocycles. The van der Waals surface area contributed by atoms with Gasteiger partial charge in [-0.2, -0.15) is 0 Å². The van der Waals surface area contributed by atoms with E-state index in [-0.39, 0.29) is 17.7 Å². The maximum atomic E-state index is 12.3. The number of hydrogen-bond acceptors (Lipinski definition) is 3. The quantitative estimate of drug-likeness (QED) is 0.947. The van der Waals surface area contributed by atoms with Crippen LogP contribution >= 0.6 is 0 Å². The summed E-state index contributed by atoms with van der Waals surface area (Å²) in [6, 6.07) is 12.9. The summed E-state index contributed by atoms with van der Waals surface area (Å²) in [5.74, 6) is 0.968. The lowest BCUT2D eigenvalue weighted by molar-refractivity contribution is -0.121. The van der Waals surface area contributed by atoms with Crippen LogP contribution in [-0.4, -0.2) is 29.8 Å². The molecular formula is C18H20N2O3. The number of nitrogens with zero attached hydrogens (tertiary/aromatic N) is 1.